The van der Waals surface area contributed by atoms with Crippen molar-refractivity contribution in [2.24, 2.45) is 17.8 Å². The summed E-state index contributed by atoms with van der Waals surface area (Å²) in [5.41, 5.74) is -0.190. The molecule has 4 unspecified atom stereocenters. The second kappa shape index (κ2) is 10.3. The summed E-state index contributed by atoms with van der Waals surface area (Å²) < 4.78 is 6.35. The molecule has 38 heavy (non-hydrogen) atoms. The molecule has 1 saturated carbocycles. The Labute approximate surface area is 229 Å². The van der Waals surface area contributed by atoms with E-state index in [4.69, 9.17) is 4.74 Å². The zero-order chi connectivity index (χ0) is 27.2. The van der Waals surface area contributed by atoms with E-state index in [1.54, 1.807) is 30.3 Å². The standard InChI is InChI=1S/C29H31BrN2O6/c1-16(33)18-8-11-20(12-9-18)32-26(34)23-24(27(32)35)29(28(36)37,15-17-6-4-3-5-7-17)31-25(23)21-14-19(30)10-13-22(21)38-2/h8-14,17,23-25,31H,3-7,15H2,1-2H3,(H,36,37). The fraction of sp³-hybridized carbons (Fsp3) is 0.448. The van der Waals surface area contributed by atoms with E-state index in [1.165, 1.54) is 14.0 Å². The number of nitrogens with zero attached hydrogens (tertiary/aromatic N) is 1. The van der Waals surface area contributed by atoms with Crippen LogP contribution in [0.2, 0.25) is 0 Å². The van der Waals surface area contributed by atoms with Crippen molar-refractivity contribution in [3.63, 3.8) is 0 Å². The van der Waals surface area contributed by atoms with Crippen LogP contribution in [-0.4, -0.2) is 41.3 Å². The molecule has 1 aliphatic carbocycles. The first-order valence-corrected chi connectivity index (χ1v) is 13.8. The van der Waals surface area contributed by atoms with Crippen molar-refractivity contribution in [2.75, 3.05) is 12.0 Å². The summed E-state index contributed by atoms with van der Waals surface area (Å²) in [5.74, 6) is -3.61. The predicted molar refractivity (Wildman–Crippen MR) is 144 cm³/mol. The van der Waals surface area contributed by atoms with Gasteiger partial charge in [0.1, 0.15) is 11.3 Å². The van der Waals surface area contributed by atoms with Crippen molar-refractivity contribution in [3.05, 3.63) is 58.1 Å². The Bertz CT molecular complexity index is 1290. The highest BCUT2D eigenvalue weighted by molar-refractivity contribution is 9.10. The van der Waals surface area contributed by atoms with Crippen molar-refractivity contribution in [2.45, 2.75) is 57.0 Å². The quantitative estimate of drug-likeness (QED) is 0.352. The maximum Gasteiger partial charge on any atom is 0.324 e. The number of hydrogen-bond acceptors (Lipinski definition) is 6. The van der Waals surface area contributed by atoms with Gasteiger partial charge in [-0.15, -0.1) is 0 Å². The molecule has 200 valence electrons. The van der Waals surface area contributed by atoms with Crippen LogP contribution in [0, 0.1) is 17.8 Å². The fourth-order valence-corrected chi connectivity index (χ4v) is 7.01. The van der Waals surface area contributed by atoms with Crippen LogP contribution in [0.5, 0.6) is 5.75 Å². The molecule has 0 aromatic heterocycles. The van der Waals surface area contributed by atoms with Crippen LogP contribution in [0.3, 0.4) is 0 Å². The number of hydrogen-bond donors (Lipinski definition) is 2. The van der Waals surface area contributed by atoms with Crippen LogP contribution >= 0.6 is 15.9 Å². The number of aliphatic carboxylic acids is 1. The SMILES string of the molecule is COc1ccc(Br)cc1C1NC(CC2CCCCC2)(C(=O)O)C2C(=O)N(c3ccc(C(C)=O)cc3)C(=O)C12. The number of carboxylic acid groups (broad SMARTS) is 1. The Morgan fingerprint density at radius 2 is 1.76 bits per heavy atom. The van der Waals surface area contributed by atoms with E-state index < -0.39 is 41.2 Å². The van der Waals surface area contributed by atoms with Gasteiger partial charge in [-0.3, -0.25) is 24.5 Å². The van der Waals surface area contributed by atoms with Crippen LogP contribution in [0.25, 0.3) is 0 Å². The van der Waals surface area contributed by atoms with E-state index in [0.29, 0.717) is 22.6 Å². The van der Waals surface area contributed by atoms with Crippen molar-refractivity contribution < 1.29 is 29.0 Å². The highest BCUT2D eigenvalue weighted by Crippen LogP contribution is 2.54. The molecule has 5 rings (SSSR count). The van der Waals surface area contributed by atoms with Crippen LogP contribution in [0.1, 0.15) is 67.4 Å². The van der Waals surface area contributed by atoms with Gasteiger partial charge in [0.15, 0.2) is 5.78 Å². The number of Topliss-reactive ketones (excluding diaryl/α,β-unsaturated/α-hetero) is 1. The fourth-order valence-electron chi connectivity index (χ4n) is 6.64. The van der Waals surface area contributed by atoms with E-state index in [-0.39, 0.29) is 18.1 Å². The van der Waals surface area contributed by atoms with Crippen molar-refractivity contribution >= 4 is 45.2 Å². The van der Waals surface area contributed by atoms with Gasteiger partial charge in [-0.1, -0.05) is 48.0 Å². The van der Waals surface area contributed by atoms with Gasteiger partial charge in [0.2, 0.25) is 11.8 Å². The molecule has 0 radical (unpaired) electrons. The minimum absolute atomic E-state index is 0.129. The van der Waals surface area contributed by atoms with E-state index in [2.05, 4.69) is 21.2 Å². The molecule has 2 amide bonds. The Kier molecular flexibility index (Phi) is 7.17. The molecule has 2 N–H and O–H groups in total. The van der Waals surface area contributed by atoms with Gasteiger partial charge in [-0.2, -0.15) is 0 Å². The number of carbonyl (C=O) groups is 4. The number of nitrogens with one attached hydrogen (secondary N) is 1. The normalized spacial score (nSPS) is 27.4. The number of imide groups is 1. The minimum Gasteiger partial charge on any atom is -0.496 e. The maximum atomic E-state index is 14.1. The minimum atomic E-state index is -1.61. The van der Waals surface area contributed by atoms with E-state index in [1.807, 2.05) is 12.1 Å². The summed E-state index contributed by atoms with van der Waals surface area (Å²) in [6.45, 7) is 1.44. The number of benzene rings is 2. The molecule has 3 aliphatic rings. The average Bonchev–Trinajstić information content (AvgIpc) is 3.38. The van der Waals surface area contributed by atoms with E-state index >= 15 is 0 Å². The summed E-state index contributed by atoms with van der Waals surface area (Å²) >= 11 is 3.49. The number of anilines is 1. The van der Waals surface area contributed by atoms with Crippen molar-refractivity contribution in [3.8, 4) is 5.75 Å². The van der Waals surface area contributed by atoms with Crippen LogP contribution in [-0.2, 0) is 14.4 Å². The van der Waals surface area contributed by atoms with Crippen LogP contribution in [0.4, 0.5) is 5.69 Å². The van der Waals surface area contributed by atoms with Crippen molar-refractivity contribution in [1.82, 2.24) is 5.32 Å². The maximum absolute atomic E-state index is 14.1. The number of amides is 2. The molecule has 2 aromatic carbocycles. The first-order valence-electron chi connectivity index (χ1n) is 13.0. The number of ketones is 1. The Hall–Kier alpha value is -3.04. The summed E-state index contributed by atoms with van der Waals surface area (Å²) in [6.07, 6.45) is 5.24. The van der Waals surface area contributed by atoms with Gasteiger partial charge < -0.3 is 9.84 Å². The first kappa shape index (κ1) is 26.6. The molecule has 2 heterocycles. The molecular weight excluding hydrogens is 552 g/mol. The number of halogens is 1. The smallest absolute Gasteiger partial charge is 0.324 e. The van der Waals surface area contributed by atoms with Gasteiger partial charge in [0, 0.05) is 21.6 Å². The first-order chi connectivity index (χ1) is 18.2. The Balaban J connectivity index is 1.63. The second-order valence-electron chi connectivity index (χ2n) is 10.6. The van der Waals surface area contributed by atoms with Gasteiger partial charge in [-0.25, -0.2) is 4.90 Å². The predicted octanol–water partition coefficient (Wildman–Crippen LogP) is 4.90. The lowest BCUT2D eigenvalue weighted by Crippen LogP contribution is -2.57. The summed E-state index contributed by atoms with van der Waals surface area (Å²) in [5, 5.41) is 14.0. The third-order valence-electron chi connectivity index (χ3n) is 8.43. The zero-order valence-corrected chi connectivity index (χ0v) is 23.0. The number of fused-ring (bicyclic) bond motifs is 1. The lowest BCUT2D eigenvalue weighted by atomic mass is 9.72. The summed E-state index contributed by atoms with van der Waals surface area (Å²) in [4.78, 5) is 54.1. The molecule has 0 bridgehead atoms. The lowest BCUT2D eigenvalue weighted by Gasteiger charge is -2.35. The van der Waals surface area contributed by atoms with E-state index in [9.17, 15) is 24.3 Å². The van der Waals surface area contributed by atoms with Gasteiger partial charge >= 0.3 is 5.97 Å². The summed E-state index contributed by atoms with van der Waals surface area (Å²) in [6, 6.07) is 10.9. The molecule has 8 nitrogen and oxygen atoms in total. The molecule has 2 aliphatic heterocycles. The second-order valence-corrected chi connectivity index (χ2v) is 11.5. The third-order valence-corrected chi connectivity index (χ3v) is 8.92. The average molecular weight is 583 g/mol. The highest BCUT2D eigenvalue weighted by Gasteiger charge is 2.69. The largest absolute Gasteiger partial charge is 0.496 e. The van der Waals surface area contributed by atoms with Gasteiger partial charge in [0.05, 0.1) is 24.6 Å². The van der Waals surface area contributed by atoms with Crippen LogP contribution in [0.15, 0.2) is 46.9 Å². The molecule has 2 saturated heterocycles. The monoisotopic (exact) mass is 582 g/mol. The summed E-state index contributed by atoms with van der Waals surface area (Å²) in [7, 11) is 1.52. The number of rotatable bonds is 7. The molecule has 9 heteroatoms. The van der Waals surface area contributed by atoms with E-state index in [0.717, 1.165) is 41.5 Å². The molecule has 4 atom stereocenters. The number of methoxy groups -OCH3 is 1. The van der Waals surface area contributed by atoms with Gasteiger partial charge in [0.25, 0.3) is 0 Å². The molecular formula is C29H31BrN2O6. The third kappa shape index (κ3) is 4.35. The number of ether oxygens (including phenoxy) is 1. The van der Waals surface area contributed by atoms with Crippen molar-refractivity contribution in [1.29, 1.82) is 0 Å². The topological polar surface area (TPSA) is 113 Å². The van der Waals surface area contributed by atoms with Crippen LogP contribution < -0.4 is 15.0 Å². The lowest BCUT2D eigenvalue weighted by molar-refractivity contribution is -0.150. The molecule has 0 spiro atoms. The molecule has 3 fully saturated rings. The number of carbonyl (C=O) groups excluding carboxylic acids is 3. The molecule has 2 aromatic rings. The highest BCUT2D eigenvalue weighted by atomic mass is 79.9. The van der Waals surface area contributed by atoms with Gasteiger partial charge in [-0.05, 0) is 61.7 Å². The Morgan fingerprint density at radius 3 is 2.37 bits per heavy atom. The zero-order valence-electron chi connectivity index (χ0n) is 21.4. The Morgan fingerprint density at radius 1 is 1.08 bits per heavy atom. The number of carboxylic acids is 1.